The van der Waals surface area contributed by atoms with Crippen molar-refractivity contribution in [2.75, 3.05) is 34.4 Å². The van der Waals surface area contributed by atoms with Gasteiger partial charge in [-0.2, -0.15) is 0 Å². The number of hydrogen-bond acceptors (Lipinski definition) is 4. The summed E-state index contributed by atoms with van der Waals surface area (Å²) in [7, 11) is 3.05. The van der Waals surface area contributed by atoms with Gasteiger partial charge in [-0.3, -0.25) is 0 Å². The first-order valence-corrected chi connectivity index (χ1v) is 4.55. The van der Waals surface area contributed by atoms with Gasteiger partial charge in [-0.15, -0.1) is 0 Å². The highest BCUT2D eigenvalue weighted by atomic mass is 28.3. The summed E-state index contributed by atoms with van der Waals surface area (Å²) >= 11 is 0. The molecule has 1 heterocycles. The van der Waals surface area contributed by atoms with Crippen LogP contribution in [0.1, 0.15) is 0 Å². The lowest BCUT2D eigenvalue weighted by Gasteiger charge is -2.05. The van der Waals surface area contributed by atoms with E-state index in [-0.39, 0.29) is 0 Å². The van der Waals surface area contributed by atoms with Crippen molar-refractivity contribution in [2.45, 2.75) is 0 Å². The van der Waals surface area contributed by atoms with E-state index >= 15 is 0 Å². The maximum Gasteiger partial charge on any atom is 0.483 e. The largest absolute Gasteiger partial charge is 0.483 e. The van der Waals surface area contributed by atoms with E-state index in [1.165, 1.54) is 13.1 Å². The molecule has 0 bridgehead atoms. The Morgan fingerprint density at radius 3 is 1.30 bits per heavy atom. The molecule has 1 aliphatic heterocycles. The van der Waals surface area contributed by atoms with Gasteiger partial charge >= 0.3 is 9.53 Å². The zero-order chi connectivity index (χ0) is 7.82. The van der Waals surface area contributed by atoms with Crippen LogP contribution in [0.2, 0.25) is 0 Å². The molecule has 0 atom stereocenters. The molecule has 1 saturated heterocycles. The molecule has 1 N–H and O–H groups in total. The first-order chi connectivity index (χ1) is 4.85. The minimum absolute atomic E-state index is 1.25. The Morgan fingerprint density at radius 2 is 1.30 bits per heavy atom. The van der Waals surface area contributed by atoms with Crippen molar-refractivity contribution >= 4 is 9.53 Å². The Kier molecular flexibility index (Phi) is 7.21. The molecule has 0 aromatic carbocycles. The van der Waals surface area contributed by atoms with Gasteiger partial charge in [0.25, 0.3) is 0 Å². The third kappa shape index (κ3) is 8.06. The maximum absolute atomic E-state index is 4.74. The van der Waals surface area contributed by atoms with Gasteiger partial charge < -0.3 is 18.6 Å². The minimum atomic E-state index is -1.67. The summed E-state index contributed by atoms with van der Waals surface area (Å²) in [5, 5.41) is 3.00. The smallest absolute Gasteiger partial charge is 0.379 e. The fourth-order valence-electron chi connectivity index (χ4n) is 0.289. The van der Waals surface area contributed by atoms with Crippen LogP contribution in [-0.2, 0) is 13.3 Å². The van der Waals surface area contributed by atoms with E-state index in [0.29, 0.717) is 0 Å². The van der Waals surface area contributed by atoms with Crippen molar-refractivity contribution in [3.05, 3.63) is 0 Å². The van der Waals surface area contributed by atoms with Crippen LogP contribution in [-0.4, -0.2) is 43.9 Å². The Balaban J connectivity index is 0.000000219. The van der Waals surface area contributed by atoms with Crippen molar-refractivity contribution in [2.24, 2.45) is 0 Å². The average molecular weight is 165 g/mol. The van der Waals surface area contributed by atoms with Gasteiger partial charge in [0.05, 0.1) is 0 Å². The summed E-state index contributed by atoms with van der Waals surface area (Å²) < 4.78 is 14.2. The monoisotopic (exact) mass is 165 g/mol. The van der Waals surface area contributed by atoms with Crippen LogP contribution in [0.5, 0.6) is 0 Å². The second-order valence-electron chi connectivity index (χ2n) is 1.75. The molecule has 62 valence electrons. The Bertz CT molecular complexity index is 59.6. The summed E-state index contributed by atoms with van der Waals surface area (Å²) in [5.41, 5.74) is 0. The molecular weight excluding hydrogens is 150 g/mol. The lowest BCUT2D eigenvalue weighted by atomic mass is 11.0. The Labute approximate surface area is 63.4 Å². The van der Waals surface area contributed by atoms with Crippen molar-refractivity contribution in [1.29, 1.82) is 0 Å². The summed E-state index contributed by atoms with van der Waals surface area (Å²) in [5.74, 6) is 0. The maximum atomic E-state index is 4.74. The fourth-order valence-corrected chi connectivity index (χ4v) is 0.866. The molecule has 4 nitrogen and oxygen atoms in total. The van der Waals surface area contributed by atoms with Crippen LogP contribution in [0, 0.1) is 0 Å². The van der Waals surface area contributed by atoms with Crippen molar-refractivity contribution in [1.82, 2.24) is 5.32 Å². The molecule has 10 heavy (non-hydrogen) atoms. The summed E-state index contributed by atoms with van der Waals surface area (Å²) in [4.78, 5) is 0. The van der Waals surface area contributed by atoms with Gasteiger partial charge in [0.2, 0.25) is 0 Å². The van der Waals surface area contributed by atoms with E-state index in [9.17, 15) is 0 Å². The molecule has 0 aromatic heterocycles. The van der Waals surface area contributed by atoms with E-state index in [1.807, 2.05) is 0 Å². The molecule has 1 aliphatic rings. The van der Waals surface area contributed by atoms with E-state index in [1.54, 1.807) is 21.3 Å². The lowest BCUT2D eigenvalue weighted by molar-refractivity contribution is 0.163. The lowest BCUT2D eigenvalue weighted by Crippen LogP contribution is -2.21. The molecule has 1 fully saturated rings. The third-order valence-corrected chi connectivity index (χ3v) is 1.98. The molecule has 1 rings (SSSR count). The van der Waals surface area contributed by atoms with Crippen LogP contribution in [0.25, 0.3) is 0 Å². The Morgan fingerprint density at radius 1 is 1.00 bits per heavy atom. The van der Waals surface area contributed by atoms with Crippen molar-refractivity contribution in [3.63, 3.8) is 0 Å². The summed E-state index contributed by atoms with van der Waals surface area (Å²) in [6.45, 7) is 2.50. The third-order valence-electron chi connectivity index (χ3n) is 0.827. The van der Waals surface area contributed by atoms with Crippen LogP contribution in [0.3, 0.4) is 0 Å². The molecule has 0 unspecified atom stereocenters. The normalized spacial score (nSPS) is 14.4. The molecule has 0 aliphatic carbocycles. The summed E-state index contributed by atoms with van der Waals surface area (Å²) in [6.07, 6.45) is 0. The van der Waals surface area contributed by atoms with Gasteiger partial charge in [0, 0.05) is 34.4 Å². The average Bonchev–Trinajstić information content (AvgIpc) is 2.76. The van der Waals surface area contributed by atoms with Crippen LogP contribution in [0.4, 0.5) is 0 Å². The molecule has 0 aromatic rings. The summed E-state index contributed by atoms with van der Waals surface area (Å²) in [6, 6.07) is 0. The minimum Gasteiger partial charge on any atom is -0.379 e. The molecular formula is C5H15NO3Si. The highest BCUT2D eigenvalue weighted by Gasteiger charge is 2.04. The zero-order valence-corrected chi connectivity index (χ0v) is 7.87. The predicted octanol–water partition coefficient (Wildman–Crippen LogP) is -0.768. The van der Waals surface area contributed by atoms with E-state index in [2.05, 4.69) is 5.32 Å². The van der Waals surface area contributed by atoms with Gasteiger partial charge in [-0.25, -0.2) is 0 Å². The fraction of sp³-hybridized carbons (Fsp3) is 1.00. The van der Waals surface area contributed by atoms with Crippen LogP contribution in [0.15, 0.2) is 0 Å². The molecule has 5 heteroatoms. The molecule has 0 saturated carbocycles. The van der Waals surface area contributed by atoms with Crippen molar-refractivity contribution in [3.8, 4) is 0 Å². The van der Waals surface area contributed by atoms with E-state index < -0.39 is 9.53 Å². The zero-order valence-electron chi connectivity index (χ0n) is 6.72. The van der Waals surface area contributed by atoms with E-state index in [4.69, 9.17) is 13.3 Å². The topological polar surface area (TPSA) is 49.6 Å². The molecule has 0 spiro atoms. The van der Waals surface area contributed by atoms with Crippen LogP contribution >= 0.6 is 0 Å². The van der Waals surface area contributed by atoms with Crippen LogP contribution < -0.4 is 5.32 Å². The number of hydrogen-bond donors (Lipinski definition) is 1. The van der Waals surface area contributed by atoms with E-state index in [0.717, 1.165) is 0 Å². The first kappa shape index (κ1) is 10.1. The first-order valence-electron chi connectivity index (χ1n) is 3.14. The molecule has 0 radical (unpaired) electrons. The second-order valence-corrected chi connectivity index (χ2v) is 3.74. The Hall–Kier alpha value is 0.0569. The highest BCUT2D eigenvalue weighted by Crippen LogP contribution is 1.81. The second kappa shape index (κ2) is 7.17. The molecule has 0 amide bonds. The van der Waals surface area contributed by atoms with Gasteiger partial charge in [-0.1, -0.05) is 0 Å². The standard InChI is InChI=1S/C3H10O3Si.C2H5N/c1-4-7(5-2)6-3;1-2-3-1/h7H,1-3H3;3H,1-2H2. The number of rotatable bonds is 3. The van der Waals surface area contributed by atoms with Gasteiger partial charge in [0.15, 0.2) is 0 Å². The van der Waals surface area contributed by atoms with Gasteiger partial charge in [0.1, 0.15) is 0 Å². The number of nitrogens with one attached hydrogen (secondary N) is 1. The highest BCUT2D eigenvalue weighted by molar-refractivity contribution is 6.36. The SMILES string of the molecule is C1CN1.CO[SiH](OC)OC. The quantitative estimate of drug-likeness (QED) is 0.441. The predicted molar refractivity (Wildman–Crippen MR) is 41.0 cm³/mol. The van der Waals surface area contributed by atoms with Crippen molar-refractivity contribution < 1.29 is 13.3 Å². The van der Waals surface area contributed by atoms with Gasteiger partial charge in [-0.05, 0) is 0 Å².